The highest BCUT2D eigenvalue weighted by Crippen LogP contribution is 2.01. The van der Waals surface area contributed by atoms with Crippen molar-refractivity contribution in [1.82, 2.24) is 15.0 Å². The first-order valence-corrected chi connectivity index (χ1v) is 4.34. The van der Waals surface area contributed by atoms with E-state index in [-0.39, 0.29) is 18.3 Å². The highest BCUT2D eigenvalue weighted by Gasteiger charge is 2.05. The van der Waals surface area contributed by atoms with Crippen LogP contribution in [0.25, 0.3) is 0 Å². The molecule has 0 unspecified atom stereocenters. The summed E-state index contributed by atoms with van der Waals surface area (Å²) in [5.41, 5.74) is 0.525. The second-order valence-corrected chi connectivity index (χ2v) is 2.76. The molecule has 82 valence electrons. The maximum atomic E-state index is 11.6. The lowest BCUT2D eigenvalue weighted by Gasteiger charge is -2.01. The Bertz CT molecular complexity index is 449. The van der Waals surface area contributed by atoms with Crippen molar-refractivity contribution in [1.29, 1.82) is 0 Å². The van der Waals surface area contributed by atoms with Crippen LogP contribution in [0.4, 0.5) is 5.95 Å². The lowest BCUT2D eigenvalue weighted by molar-refractivity contribution is 0.102. The largest absolute Gasteiger partial charge is 0.290 e. The van der Waals surface area contributed by atoms with Crippen LogP contribution in [0.2, 0.25) is 0 Å². The first kappa shape index (κ1) is 12.1. The Morgan fingerprint density at radius 3 is 2.31 bits per heavy atom. The van der Waals surface area contributed by atoms with Crippen molar-refractivity contribution in [2.24, 2.45) is 0 Å². The topological polar surface area (TPSA) is 67.8 Å². The summed E-state index contributed by atoms with van der Waals surface area (Å²) in [4.78, 5) is 23.2. The molecule has 0 aliphatic heterocycles. The van der Waals surface area contributed by atoms with Crippen LogP contribution in [-0.4, -0.2) is 20.9 Å². The van der Waals surface area contributed by atoms with Gasteiger partial charge < -0.3 is 0 Å². The Labute approximate surface area is 98.4 Å². The van der Waals surface area contributed by atoms with Gasteiger partial charge in [-0.2, -0.15) is 0 Å². The number of amides is 1. The van der Waals surface area contributed by atoms with Crippen molar-refractivity contribution in [3.05, 3.63) is 48.5 Å². The fourth-order valence-electron chi connectivity index (χ4n) is 1.04. The Hall–Kier alpha value is -2.01. The second kappa shape index (κ2) is 5.77. The van der Waals surface area contributed by atoms with Crippen LogP contribution in [0.1, 0.15) is 10.4 Å². The molecule has 0 bridgehead atoms. The third-order valence-corrected chi connectivity index (χ3v) is 1.73. The lowest BCUT2D eigenvalue weighted by atomic mass is 10.2. The average molecular weight is 237 g/mol. The fraction of sp³-hybridized carbons (Fsp3) is 0. The molecule has 0 aromatic carbocycles. The van der Waals surface area contributed by atoms with Gasteiger partial charge in [-0.05, 0) is 18.2 Å². The highest BCUT2D eigenvalue weighted by atomic mass is 35.5. The number of pyridine rings is 1. The Kier molecular flexibility index (Phi) is 4.35. The molecule has 2 aromatic heterocycles. The van der Waals surface area contributed by atoms with E-state index in [2.05, 4.69) is 20.3 Å². The van der Waals surface area contributed by atoms with Gasteiger partial charge in [0.05, 0.1) is 0 Å². The Morgan fingerprint density at radius 1 is 1.06 bits per heavy atom. The molecule has 16 heavy (non-hydrogen) atoms. The average Bonchev–Trinajstić information content (AvgIpc) is 2.31. The van der Waals surface area contributed by atoms with Crippen LogP contribution < -0.4 is 5.32 Å². The molecular formula is C10H9ClN4O. The number of rotatable bonds is 2. The summed E-state index contributed by atoms with van der Waals surface area (Å²) in [6, 6.07) is 4.93. The van der Waals surface area contributed by atoms with Crippen LogP contribution in [-0.2, 0) is 0 Å². The standard InChI is InChI=1S/C10H8N4O.ClH/c15-9(8-2-6-11-7-3-8)14-10-12-4-1-5-13-10;/h1-7H,(H,12,13,14,15);1H. The molecule has 2 rings (SSSR count). The van der Waals surface area contributed by atoms with E-state index in [1.807, 2.05) is 0 Å². The predicted octanol–water partition coefficient (Wildman–Crippen LogP) is 1.55. The SMILES string of the molecule is Cl.O=C(Nc1ncccn1)c1ccncc1. The molecule has 2 heterocycles. The molecule has 0 saturated carbocycles. The summed E-state index contributed by atoms with van der Waals surface area (Å²) in [5.74, 6) is 0.0444. The van der Waals surface area contributed by atoms with Crippen LogP contribution >= 0.6 is 12.4 Å². The van der Waals surface area contributed by atoms with E-state index < -0.39 is 0 Å². The van der Waals surface area contributed by atoms with Gasteiger partial charge in [-0.25, -0.2) is 9.97 Å². The van der Waals surface area contributed by atoms with E-state index >= 15 is 0 Å². The minimum absolute atomic E-state index is 0. The molecule has 1 N–H and O–H groups in total. The van der Waals surface area contributed by atoms with Crippen molar-refractivity contribution in [3.63, 3.8) is 0 Å². The monoisotopic (exact) mass is 236 g/mol. The van der Waals surface area contributed by atoms with Crippen molar-refractivity contribution in [2.45, 2.75) is 0 Å². The maximum absolute atomic E-state index is 11.6. The Morgan fingerprint density at radius 2 is 1.69 bits per heavy atom. The smallest absolute Gasteiger partial charge is 0.258 e. The van der Waals surface area contributed by atoms with E-state index in [1.165, 1.54) is 0 Å². The van der Waals surface area contributed by atoms with Gasteiger partial charge in [0.1, 0.15) is 0 Å². The minimum atomic E-state index is -0.247. The van der Waals surface area contributed by atoms with Gasteiger partial charge >= 0.3 is 0 Å². The number of nitrogens with one attached hydrogen (secondary N) is 1. The zero-order chi connectivity index (χ0) is 10.5. The van der Waals surface area contributed by atoms with Gasteiger partial charge in [0.25, 0.3) is 5.91 Å². The predicted molar refractivity (Wildman–Crippen MR) is 61.5 cm³/mol. The van der Waals surface area contributed by atoms with Gasteiger partial charge in [-0.15, -0.1) is 12.4 Å². The molecule has 0 aliphatic carbocycles. The minimum Gasteiger partial charge on any atom is -0.290 e. The molecule has 0 aliphatic rings. The lowest BCUT2D eigenvalue weighted by Crippen LogP contribution is -2.13. The number of halogens is 1. The zero-order valence-electron chi connectivity index (χ0n) is 8.20. The zero-order valence-corrected chi connectivity index (χ0v) is 9.02. The third-order valence-electron chi connectivity index (χ3n) is 1.73. The molecule has 1 amide bonds. The van der Waals surface area contributed by atoms with Crippen molar-refractivity contribution in [3.8, 4) is 0 Å². The van der Waals surface area contributed by atoms with Crippen LogP contribution in [0.5, 0.6) is 0 Å². The van der Waals surface area contributed by atoms with Gasteiger partial charge in [0.15, 0.2) is 0 Å². The molecule has 0 atom stereocenters. The summed E-state index contributed by atoms with van der Waals surface area (Å²) < 4.78 is 0. The van der Waals surface area contributed by atoms with E-state index in [9.17, 15) is 4.79 Å². The number of aromatic nitrogens is 3. The number of carbonyl (C=O) groups is 1. The van der Waals surface area contributed by atoms with Gasteiger partial charge in [-0.1, -0.05) is 0 Å². The number of nitrogens with zero attached hydrogens (tertiary/aromatic N) is 3. The maximum Gasteiger partial charge on any atom is 0.258 e. The molecule has 5 nitrogen and oxygen atoms in total. The first-order chi connectivity index (χ1) is 7.36. The molecular weight excluding hydrogens is 228 g/mol. The van der Waals surface area contributed by atoms with Crippen LogP contribution in [0.3, 0.4) is 0 Å². The molecule has 0 spiro atoms. The number of hydrogen-bond donors (Lipinski definition) is 1. The summed E-state index contributed by atoms with van der Waals surface area (Å²) in [7, 11) is 0. The number of anilines is 1. The van der Waals surface area contributed by atoms with Gasteiger partial charge in [-0.3, -0.25) is 15.1 Å². The summed E-state index contributed by atoms with van der Waals surface area (Å²) >= 11 is 0. The van der Waals surface area contributed by atoms with Gasteiger partial charge in [0.2, 0.25) is 5.95 Å². The number of carbonyl (C=O) groups excluding carboxylic acids is 1. The summed E-state index contributed by atoms with van der Waals surface area (Å²) in [5, 5.41) is 2.57. The Balaban J connectivity index is 0.00000128. The summed E-state index contributed by atoms with van der Waals surface area (Å²) in [6.07, 6.45) is 6.24. The molecule has 0 radical (unpaired) electrons. The summed E-state index contributed by atoms with van der Waals surface area (Å²) in [6.45, 7) is 0. The molecule has 0 fully saturated rings. The molecule has 0 saturated heterocycles. The van der Waals surface area contributed by atoms with E-state index in [4.69, 9.17) is 0 Å². The first-order valence-electron chi connectivity index (χ1n) is 4.34. The van der Waals surface area contributed by atoms with Crippen LogP contribution in [0.15, 0.2) is 43.0 Å². The van der Waals surface area contributed by atoms with Crippen molar-refractivity contribution >= 4 is 24.3 Å². The third kappa shape index (κ3) is 2.99. The van der Waals surface area contributed by atoms with Crippen molar-refractivity contribution in [2.75, 3.05) is 5.32 Å². The van der Waals surface area contributed by atoms with Crippen molar-refractivity contribution < 1.29 is 4.79 Å². The van der Waals surface area contributed by atoms with E-state index in [1.54, 1.807) is 43.0 Å². The van der Waals surface area contributed by atoms with E-state index in [0.717, 1.165) is 0 Å². The quantitative estimate of drug-likeness (QED) is 0.859. The fourth-order valence-corrected chi connectivity index (χ4v) is 1.04. The second-order valence-electron chi connectivity index (χ2n) is 2.76. The van der Waals surface area contributed by atoms with E-state index in [0.29, 0.717) is 11.5 Å². The normalized spacial score (nSPS) is 9.00. The molecule has 6 heteroatoms. The van der Waals surface area contributed by atoms with Gasteiger partial charge in [0, 0.05) is 30.4 Å². The number of hydrogen-bond acceptors (Lipinski definition) is 4. The van der Waals surface area contributed by atoms with Crippen LogP contribution in [0, 0.1) is 0 Å². The molecule has 2 aromatic rings. The highest BCUT2D eigenvalue weighted by molar-refractivity contribution is 6.03.